The first kappa shape index (κ1) is 19.3. The van der Waals surface area contributed by atoms with E-state index in [0.717, 1.165) is 11.1 Å². The number of rotatable bonds is 5. The molecule has 134 valence electrons. The number of aryl methyl sites for hydroxylation is 1. The first-order valence-corrected chi connectivity index (χ1v) is 8.83. The minimum atomic E-state index is -0.153. The van der Waals surface area contributed by atoms with Gasteiger partial charge in [0, 0.05) is 5.02 Å². The van der Waals surface area contributed by atoms with E-state index >= 15 is 0 Å². The zero-order valence-electron chi connectivity index (χ0n) is 15.5. The third-order valence-electron chi connectivity index (χ3n) is 4.15. The Morgan fingerprint density at radius 2 is 1.80 bits per heavy atom. The Kier molecular flexibility index (Phi) is 6.12. The number of nitrogens with one attached hydrogen (secondary N) is 1. The second-order valence-electron chi connectivity index (χ2n) is 7.36. The highest BCUT2D eigenvalue weighted by Crippen LogP contribution is 2.24. The van der Waals surface area contributed by atoms with Crippen molar-refractivity contribution >= 4 is 17.5 Å². The fourth-order valence-electron chi connectivity index (χ4n) is 2.49. The van der Waals surface area contributed by atoms with Gasteiger partial charge in [-0.2, -0.15) is 0 Å². The molecule has 25 heavy (non-hydrogen) atoms. The van der Waals surface area contributed by atoms with E-state index in [2.05, 4.69) is 50.4 Å². The normalized spacial score (nSPS) is 12.6. The van der Waals surface area contributed by atoms with Crippen LogP contribution < -0.4 is 10.1 Å². The Bertz CT molecular complexity index is 733. The van der Waals surface area contributed by atoms with Crippen molar-refractivity contribution in [3.8, 4) is 5.75 Å². The Morgan fingerprint density at radius 3 is 2.36 bits per heavy atom. The summed E-state index contributed by atoms with van der Waals surface area (Å²) in [6.45, 7) is 10.4. The van der Waals surface area contributed by atoms with Crippen LogP contribution in [0.25, 0.3) is 0 Å². The van der Waals surface area contributed by atoms with E-state index in [4.69, 9.17) is 16.3 Å². The Hall–Kier alpha value is -2.00. The molecule has 1 amide bonds. The van der Waals surface area contributed by atoms with Crippen LogP contribution in [0.4, 0.5) is 0 Å². The molecule has 0 bridgehead atoms. The molecule has 0 saturated heterocycles. The second kappa shape index (κ2) is 7.92. The number of amides is 1. The van der Waals surface area contributed by atoms with Crippen molar-refractivity contribution in [3.63, 3.8) is 0 Å². The molecule has 2 aromatic rings. The van der Waals surface area contributed by atoms with E-state index < -0.39 is 0 Å². The maximum absolute atomic E-state index is 12.1. The number of hydrogen-bond donors (Lipinski definition) is 1. The van der Waals surface area contributed by atoms with Crippen LogP contribution in [0.15, 0.2) is 42.5 Å². The van der Waals surface area contributed by atoms with Crippen molar-refractivity contribution in [3.05, 3.63) is 64.2 Å². The molecule has 0 radical (unpaired) electrons. The lowest BCUT2D eigenvalue weighted by atomic mass is 9.86. The average molecular weight is 360 g/mol. The van der Waals surface area contributed by atoms with Gasteiger partial charge in [0.15, 0.2) is 6.61 Å². The molecule has 3 nitrogen and oxygen atoms in total. The van der Waals surface area contributed by atoms with Gasteiger partial charge in [-0.1, -0.05) is 56.6 Å². The van der Waals surface area contributed by atoms with Crippen LogP contribution in [0, 0.1) is 6.92 Å². The molecule has 1 atom stereocenters. The number of benzene rings is 2. The molecule has 0 aliphatic heterocycles. The molecular formula is C21H26ClNO2. The molecule has 0 heterocycles. The molecule has 0 saturated carbocycles. The Labute approximate surface area is 155 Å². The van der Waals surface area contributed by atoms with Gasteiger partial charge in [-0.15, -0.1) is 0 Å². The smallest absolute Gasteiger partial charge is 0.258 e. The monoisotopic (exact) mass is 359 g/mol. The third kappa shape index (κ3) is 5.50. The molecule has 0 unspecified atom stereocenters. The summed E-state index contributed by atoms with van der Waals surface area (Å²) in [7, 11) is 0. The molecule has 2 aromatic carbocycles. The summed E-state index contributed by atoms with van der Waals surface area (Å²) < 4.78 is 5.53. The number of ether oxygens (including phenoxy) is 1. The molecule has 0 aliphatic rings. The standard InChI is InChI=1S/C21H26ClNO2/c1-14-12-18(10-11-19(14)22)25-13-20(24)23-15(2)16-6-8-17(9-7-16)21(3,4)5/h6-12,15H,13H2,1-5H3,(H,23,24)/t15-/m1/s1. The van der Waals surface area contributed by atoms with Crippen LogP contribution in [-0.4, -0.2) is 12.5 Å². The highest BCUT2D eigenvalue weighted by molar-refractivity contribution is 6.31. The SMILES string of the molecule is Cc1cc(OCC(=O)N[C@H](C)c2ccc(C(C)(C)C)cc2)ccc1Cl. The van der Waals surface area contributed by atoms with Gasteiger partial charge in [0.25, 0.3) is 5.91 Å². The van der Waals surface area contributed by atoms with Crippen molar-refractivity contribution < 1.29 is 9.53 Å². The third-order valence-corrected chi connectivity index (χ3v) is 4.58. The molecule has 0 fully saturated rings. The zero-order chi connectivity index (χ0) is 18.6. The fraction of sp³-hybridized carbons (Fsp3) is 0.381. The second-order valence-corrected chi connectivity index (χ2v) is 7.77. The van der Waals surface area contributed by atoms with Crippen LogP contribution >= 0.6 is 11.6 Å². The molecule has 4 heteroatoms. The summed E-state index contributed by atoms with van der Waals surface area (Å²) in [6, 6.07) is 13.6. The van der Waals surface area contributed by atoms with Crippen LogP contribution in [0.1, 0.15) is 50.4 Å². The van der Waals surface area contributed by atoms with Crippen molar-refractivity contribution in [2.45, 2.75) is 46.1 Å². The lowest BCUT2D eigenvalue weighted by Gasteiger charge is -2.20. The van der Waals surface area contributed by atoms with E-state index in [1.165, 1.54) is 5.56 Å². The van der Waals surface area contributed by atoms with Crippen molar-refractivity contribution in [2.75, 3.05) is 6.61 Å². The maximum atomic E-state index is 12.1. The van der Waals surface area contributed by atoms with Crippen molar-refractivity contribution in [1.29, 1.82) is 0 Å². The molecule has 1 N–H and O–H groups in total. The lowest BCUT2D eigenvalue weighted by Crippen LogP contribution is -2.31. The van der Waals surface area contributed by atoms with E-state index in [-0.39, 0.29) is 24.0 Å². The van der Waals surface area contributed by atoms with E-state index in [0.29, 0.717) is 10.8 Å². The van der Waals surface area contributed by atoms with Crippen molar-refractivity contribution in [1.82, 2.24) is 5.32 Å². The number of carbonyl (C=O) groups excluding carboxylic acids is 1. The highest BCUT2D eigenvalue weighted by Gasteiger charge is 2.15. The van der Waals surface area contributed by atoms with Gasteiger partial charge in [-0.05, 0) is 54.2 Å². The first-order valence-electron chi connectivity index (χ1n) is 8.45. The van der Waals surface area contributed by atoms with Crippen LogP contribution in [0.2, 0.25) is 5.02 Å². The predicted octanol–water partition coefficient (Wildman–Crippen LogP) is 5.20. The predicted molar refractivity (Wildman–Crippen MR) is 103 cm³/mol. The summed E-state index contributed by atoms with van der Waals surface area (Å²) in [5, 5.41) is 3.64. The van der Waals surface area contributed by atoms with E-state index in [1.807, 2.05) is 19.9 Å². The first-order chi connectivity index (χ1) is 11.7. The number of hydrogen-bond acceptors (Lipinski definition) is 2. The Balaban J connectivity index is 1.90. The minimum Gasteiger partial charge on any atom is -0.484 e. The highest BCUT2D eigenvalue weighted by atomic mass is 35.5. The van der Waals surface area contributed by atoms with Crippen LogP contribution in [0.3, 0.4) is 0 Å². The summed E-state index contributed by atoms with van der Waals surface area (Å²) in [5.41, 5.74) is 3.39. The molecule has 0 spiro atoms. The molecule has 0 aliphatic carbocycles. The molecule has 0 aromatic heterocycles. The number of halogens is 1. The van der Waals surface area contributed by atoms with Gasteiger partial charge >= 0.3 is 0 Å². The lowest BCUT2D eigenvalue weighted by molar-refractivity contribution is -0.123. The average Bonchev–Trinajstić information content (AvgIpc) is 2.55. The van der Waals surface area contributed by atoms with Crippen LogP contribution in [-0.2, 0) is 10.2 Å². The topological polar surface area (TPSA) is 38.3 Å². The molecule has 2 rings (SSSR count). The van der Waals surface area contributed by atoms with E-state index in [1.54, 1.807) is 12.1 Å². The summed E-state index contributed by atoms with van der Waals surface area (Å²) in [6.07, 6.45) is 0. The zero-order valence-corrected chi connectivity index (χ0v) is 16.3. The van der Waals surface area contributed by atoms with Gasteiger partial charge in [-0.3, -0.25) is 4.79 Å². The van der Waals surface area contributed by atoms with Crippen molar-refractivity contribution in [2.24, 2.45) is 0 Å². The van der Waals surface area contributed by atoms with Gasteiger partial charge in [0.05, 0.1) is 6.04 Å². The largest absolute Gasteiger partial charge is 0.484 e. The van der Waals surface area contributed by atoms with Gasteiger partial charge < -0.3 is 10.1 Å². The van der Waals surface area contributed by atoms with Gasteiger partial charge in [0.1, 0.15) is 5.75 Å². The summed E-state index contributed by atoms with van der Waals surface area (Å²) in [5.74, 6) is 0.485. The van der Waals surface area contributed by atoms with Gasteiger partial charge in [-0.25, -0.2) is 0 Å². The van der Waals surface area contributed by atoms with Gasteiger partial charge in [0.2, 0.25) is 0 Å². The van der Waals surface area contributed by atoms with Crippen LogP contribution in [0.5, 0.6) is 5.75 Å². The quantitative estimate of drug-likeness (QED) is 0.796. The molecular weight excluding hydrogens is 334 g/mol. The number of carbonyl (C=O) groups is 1. The summed E-state index contributed by atoms with van der Waals surface area (Å²) in [4.78, 5) is 12.1. The fourth-order valence-corrected chi connectivity index (χ4v) is 2.61. The summed E-state index contributed by atoms with van der Waals surface area (Å²) >= 11 is 5.98. The minimum absolute atomic E-state index is 0.0223. The Morgan fingerprint density at radius 1 is 1.16 bits per heavy atom. The van der Waals surface area contributed by atoms with E-state index in [9.17, 15) is 4.79 Å². The maximum Gasteiger partial charge on any atom is 0.258 e.